The molecule has 1 amide bonds. The van der Waals surface area contributed by atoms with Crippen molar-refractivity contribution >= 4 is 23.3 Å². The van der Waals surface area contributed by atoms with Gasteiger partial charge in [0, 0.05) is 25.2 Å². The maximum absolute atomic E-state index is 13.0. The first-order valence-electron chi connectivity index (χ1n) is 12.6. The Bertz CT molecular complexity index is 1230. The van der Waals surface area contributed by atoms with Gasteiger partial charge in [-0.2, -0.15) is 23.0 Å². The number of nitrogens with zero attached hydrogens (tertiary/aromatic N) is 5. The number of nitro groups is 1. The van der Waals surface area contributed by atoms with Gasteiger partial charge in [0.05, 0.1) is 16.3 Å². The summed E-state index contributed by atoms with van der Waals surface area (Å²) in [6.07, 6.45) is 1.82. The number of aromatic nitrogens is 4. The Hall–Kier alpha value is -2.63. The van der Waals surface area contributed by atoms with Gasteiger partial charge in [0.15, 0.2) is 10.7 Å². The fourth-order valence-corrected chi connectivity index (χ4v) is 7.83. The quantitative estimate of drug-likeness (QED) is 0.281. The molecule has 0 aliphatic heterocycles. The second-order valence-electron chi connectivity index (χ2n) is 11.3. The molecule has 4 saturated carbocycles. The molecule has 2 unspecified atom stereocenters. The summed E-state index contributed by atoms with van der Waals surface area (Å²) in [7, 11) is 0. The van der Waals surface area contributed by atoms with Crippen LogP contribution in [0, 0.1) is 41.2 Å². The number of rotatable bonds is 8. The summed E-state index contributed by atoms with van der Waals surface area (Å²) < 4.78 is 41.7. The van der Waals surface area contributed by atoms with Gasteiger partial charge in [-0.1, -0.05) is 11.6 Å². The van der Waals surface area contributed by atoms with Gasteiger partial charge in [-0.15, -0.1) is 0 Å². The lowest BCUT2D eigenvalue weighted by molar-refractivity contribution is -0.389. The third-order valence-electron chi connectivity index (χ3n) is 8.48. The highest BCUT2D eigenvalue weighted by atomic mass is 35.5. The number of carbonyl (C=O) groups is 1. The zero-order valence-electron chi connectivity index (χ0n) is 20.8. The highest BCUT2D eigenvalue weighted by Crippen LogP contribution is 2.65. The van der Waals surface area contributed by atoms with Gasteiger partial charge in [0.25, 0.3) is 0 Å². The smallest absolute Gasteiger partial charge is 0.358 e. The van der Waals surface area contributed by atoms with Crippen molar-refractivity contribution < 1.29 is 22.9 Å². The normalized spacial score (nSPS) is 28.6. The van der Waals surface area contributed by atoms with E-state index in [2.05, 4.69) is 15.5 Å². The fourth-order valence-electron chi connectivity index (χ4n) is 7.64. The Balaban J connectivity index is 1.23. The van der Waals surface area contributed by atoms with Crippen molar-refractivity contribution in [3.8, 4) is 0 Å². The SMILES string of the molecule is Cc1cc(C(F)(F)F)nn1CCCNC(=O)CC12CC3CC(C1)CC(n1nc([N+](=O)[O-])c(Cl)c1C)(C3)C2. The minimum atomic E-state index is -4.48. The van der Waals surface area contributed by atoms with E-state index in [4.69, 9.17) is 11.6 Å². The highest BCUT2D eigenvalue weighted by Gasteiger charge is 2.60. The van der Waals surface area contributed by atoms with Gasteiger partial charge < -0.3 is 15.4 Å². The van der Waals surface area contributed by atoms with Crippen LogP contribution < -0.4 is 5.32 Å². The lowest BCUT2D eigenvalue weighted by atomic mass is 9.46. The summed E-state index contributed by atoms with van der Waals surface area (Å²) in [6, 6.07) is 1.02. The summed E-state index contributed by atoms with van der Waals surface area (Å²) in [6.45, 7) is 3.96. The van der Waals surface area contributed by atoms with Gasteiger partial charge in [-0.3, -0.25) is 9.48 Å². The van der Waals surface area contributed by atoms with Gasteiger partial charge in [-0.05, 0) is 87.0 Å². The molecule has 202 valence electrons. The predicted molar refractivity (Wildman–Crippen MR) is 128 cm³/mol. The van der Waals surface area contributed by atoms with Crippen LogP contribution in [0.3, 0.4) is 0 Å². The highest BCUT2D eigenvalue weighted by molar-refractivity contribution is 6.33. The van der Waals surface area contributed by atoms with Crippen LogP contribution in [-0.2, 0) is 23.1 Å². The van der Waals surface area contributed by atoms with Crippen LogP contribution in [0.2, 0.25) is 5.02 Å². The minimum absolute atomic E-state index is 0.0716. The predicted octanol–water partition coefficient (Wildman–Crippen LogP) is 5.17. The summed E-state index contributed by atoms with van der Waals surface area (Å²) in [5.74, 6) is 0.463. The molecule has 2 atom stereocenters. The van der Waals surface area contributed by atoms with E-state index in [0.29, 0.717) is 42.6 Å². The molecular formula is C24H30ClF3N6O3. The van der Waals surface area contributed by atoms with Crippen molar-refractivity contribution in [2.24, 2.45) is 17.3 Å². The van der Waals surface area contributed by atoms with Crippen LogP contribution in [0.25, 0.3) is 0 Å². The first-order chi connectivity index (χ1) is 17.3. The summed E-state index contributed by atoms with van der Waals surface area (Å²) in [4.78, 5) is 23.9. The van der Waals surface area contributed by atoms with E-state index >= 15 is 0 Å². The number of hydrogen-bond acceptors (Lipinski definition) is 5. The van der Waals surface area contributed by atoms with Crippen LogP contribution in [0.15, 0.2) is 6.07 Å². The molecule has 1 N–H and O–H groups in total. The molecule has 9 nitrogen and oxygen atoms in total. The molecule has 0 saturated heterocycles. The summed E-state index contributed by atoms with van der Waals surface area (Å²) in [5, 5.41) is 22.4. The van der Waals surface area contributed by atoms with Gasteiger partial charge in [0.2, 0.25) is 5.91 Å². The third-order valence-corrected chi connectivity index (χ3v) is 8.92. The average Bonchev–Trinajstić information content (AvgIpc) is 3.30. The Kier molecular flexibility index (Phi) is 6.32. The number of nitrogens with one attached hydrogen (secondary N) is 1. The molecule has 4 aliphatic carbocycles. The minimum Gasteiger partial charge on any atom is -0.358 e. The van der Waals surface area contributed by atoms with Crippen LogP contribution in [0.1, 0.15) is 68.4 Å². The number of halogens is 4. The zero-order valence-corrected chi connectivity index (χ0v) is 21.5. The van der Waals surface area contributed by atoms with E-state index < -0.39 is 16.8 Å². The van der Waals surface area contributed by atoms with E-state index in [1.165, 1.54) is 4.68 Å². The second-order valence-corrected chi connectivity index (χ2v) is 11.7. The van der Waals surface area contributed by atoms with E-state index in [1.807, 2.05) is 0 Å². The number of alkyl halides is 3. The van der Waals surface area contributed by atoms with Gasteiger partial charge in [-0.25, -0.2) is 0 Å². The first kappa shape index (κ1) is 26.0. The number of hydrogen-bond donors (Lipinski definition) is 1. The summed E-state index contributed by atoms with van der Waals surface area (Å²) in [5.41, 5.74) is -0.471. The topological polar surface area (TPSA) is 108 Å². The molecule has 4 fully saturated rings. The van der Waals surface area contributed by atoms with E-state index in [9.17, 15) is 28.1 Å². The molecule has 0 aromatic carbocycles. The van der Waals surface area contributed by atoms with Crippen LogP contribution in [0.5, 0.6) is 0 Å². The van der Waals surface area contributed by atoms with E-state index in [1.54, 1.807) is 18.5 Å². The molecule has 0 spiro atoms. The fraction of sp³-hybridized carbons (Fsp3) is 0.708. The van der Waals surface area contributed by atoms with Crippen LogP contribution >= 0.6 is 11.6 Å². The molecule has 37 heavy (non-hydrogen) atoms. The lowest BCUT2D eigenvalue weighted by Crippen LogP contribution is -2.58. The van der Waals surface area contributed by atoms with Crippen molar-refractivity contribution in [3.63, 3.8) is 0 Å². The van der Waals surface area contributed by atoms with Gasteiger partial charge in [0.1, 0.15) is 0 Å². The zero-order chi connectivity index (χ0) is 26.8. The number of amides is 1. The largest absolute Gasteiger partial charge is 0.435 e. The third kappa shape index (κ3) is 4.72. The monoisotopic (exact) mass is 542 g/mol. The Morgan fingerprint density at radius 1 is 1.24 bits per heavy atom. The van der Waals surface area contributed by atoms with Crippen molar-refractivity contribution in [1.29, 1.82) is 0 Å². The maximum Gasteiger partial charge on any atom is 0.435 e. The molecule has 2 aromatic rings. The number of aryl methyl sites for hydroxylation is 2. The van der Waals surface area contributed by atoms with E-state index in [0.717, 1.165) is 44.6 Å². The molecule has 0 radical (unpaired) electrons. The average molecular weight is 543 g/mol. The molecule has 13 heteroatoms. The van der Waals surface area contributed by atoms with Crippen molar-refractivity contribution in [2.45, 2.75) is 83.5 Å². The molecule has 2 aromatic heterocycles. The molecule has 4 bridgehead atoms. The summed E-state index contributed by atoms with van der Waals surface area (Å²) >= 11 is 6.27. The standard InChI is InChI=1S/C24H30ClF3N6O3/c1-14-6-18(24(26,27)28)30-32(14)5-3-4-29-19(35)12-22-8-16-7-17(9-22)11-23(10-16,13-22)33-15(2)20(25)21(31-33)34(36)37/h6,16-17H,3-5,7-13H2,1-2H3,(H,29,35). The molecular weight excluding hydrogens is 513 g/mol. The lowest BCUT2D eigenvalue weighted by Gasteiger charge is -2.61. The van der Waals surface area contributed by atoms with Gasteiger partial charge >= 0.3 is 12.0 Å². The van der Waals surface area contributed by atoms with Crippen molar-refractivity contribution in [3.05, 3.63) is 38.3 Å². The van der Waals surface area contributed by atoms with Crippen molar-refractivity contribution in [2.75, 3.05) is 6.54 Å². The van der Waals surface area contributed by atoms with Crippen LogP contribution in [-0.4, -0.2) is 36.9 Å². The van der Waals surface area contributed by atoms with Crippen LogP contribution in [0.4, 0.5) is 19.0 Å². The first-order valence-corrected chi connectivity index (χ1v) is 13.0. The maximum atomic E-state index is 13.0. The molecule has 4 aliphatic rings. The number of carbonyl (C=O) groups excluding carboxylic acids is 1. The Morgan fingerprint density at radius 2 is 1.92 bits per heavy atom. The second kappa shape index (κ2) is 8.99. The Morgan fingerprint density at radius 3 is 2.49 bits per heavy atom. The molecule has 2 heterocycles. The molecule has 6 rings (SSSR count). The van der Waals surface area contributed by atoms with E-state index in [-0.39, 0.29) is 34.2 Å². The van der Waals surface area contributed by atoms with Crippen molar-refractivity contribution in [1.82, 2.24) is 24.9 Å². The Labute approximate surface area is 216 Å².